The molecule has 0 bridgehead atoms. The Balaban J connectivity index is 1.35. The predicted octanol–water partition coefficient (Wildman–Crippen LogP) is 4.30. The summed E-state index contributed by atoms with van der Waals surface area (Å²) in [5.41, 5.74) is 1.13. The van der Waals surface area contributed by atoms with Crippen LogP contribution in [0.25, 0.3) is 0 Å². The molecule has 1 saturated heterocycles. The van der Waals surface area contributed by atoms with Crippen LogP contribution in [0.3, 0.4) is 0 Å². The number of benzene rings is 1. The number of carbonyl (C=O) groups excluding carboxylic acids is 2. The van der Waals surface area contributed by atoms with Crippen LogP contribution in [0.4, 0.5) is 0 Å². The molecule has 1 saturated carbocycles. The van der Waals surface area contributed by atoms with E-state index in [0.717, 1.165) is 24.3 Å². The highest BCUT2D eigenvalue weighted by Gasteiger charge is 2.24. The van der Waals surface area contributed by atoms with Gasteiger partial charge in [-0.05, 0) is 36.5 Å². The number of piperazine rings is 1. The number of carbonyl (C=O) groups is 2. The average molecular weight is 391 g/mol. The summed E-state index contributed by atoms with van der Waals surface area (Å²) in [6.45, 7) is 2.68. The number of rotatable bonds is 6. The molecule has 4 nitrogen and oxygen atoms in total. The summed E-state index contributed by atoms with van der Waals surface area (Å²) < 4.78 is 0. The molecule has 0 spiro atoms. The molecule has 0 N–H and O–H groups in total. The minimum Gasteiger partial charge on any atom is -0.339 e. The average Bonchev–Trinajstić information content (AvgIpc) is 2.72. The van der Waals surface area contributed by atoms with Crippen molar-refractivity contribution in [3.63, 3.8) is 0 Å². The number of hydrogen-bond donors (Lipinski definition) is 0. The SMILES string of the molecule is O=C(CCc1ccc(Cl)cc1)N1CCN(C(=O)CCC2CCCCC2)CC1. The zero-order valence-corrected chi connectivity index (χ0v) is 16.9. The topological polar surface area (TPSA) is 40.6 Å². The first-order valence-electron chi connectivity index (χ1n) is 10.4. The van der Waals surface area contributed by atoms with Gasteiger partial charge in [0.05, 0.1) is 0 Å². The molecule has 1 heterocycles. The molecule has 148 valence electrons. The molecule has 27 heavy (non-hydrogen) atoms. The van der Waals surface area contributed by atoms with Crippen molar-refractivity contribution in [1.82, 2.24) is 9.80 Å². The van der Waals surface area contributed by atoms with Crippen molar-refractivity contribution in [2.75, 3.05) is 26.2 Å². The Morgan fingerprint density at radius 1 is 0.852 bits per heavy atom. The molecule has 2 amide bonds. The minimum absolute atomic E-state index is 0.180. The standard InChI is InChI=1S/C22H31ClN2O2/c23-20-10-6-19(7-11-20)9-13-22(27)25-16-14-24(15-17-25)21(26)12-8-18-4-2-1-3-5-18/h6-7,10-11,18H,1-5,8-9,12-17H2. The van der Waals surface area contributed by atoms with Crippen LogP contribution in [0.2, 0.25) is 5.02 Å². The second kappa shape index (κ2) is 10.1. The maximum Gasteiger partial charge on any atom is 0.223 e. The van der Waals surface area contributed by atoms with Gasteiger partial charge in [-0.25, -0.2) is 0 Å². The molecule has 0 radical (unpaired) electrons. The van der Waals surface area contributed by atoms with Crippen LogP contribution in [0, 0.1) is 5.92 Å². The lowest BCUT2D eigenvalue weighted by Gasteiger charge is -2.35. The Labute approximate surface area is 167 Å². The zero-order valence-electron chi connectivity index (χ0n) is 16.2. The van der Waals surface area contributed by atoms with Crippen LogP contribution in [-0.2, 0) is 16.0 Å². The third-order valence-electron chi connectivity index (χ3n) is 6.02. The Morgan fingerprint density at radius 3 is 2.00 bits per heavy atom. The molecule has 2 aliphatic rings. The van der Waals surface area contributed by atoms with Crippen LogP contribution in [-0.4, -0.2) is 47.8 Å². The molecule has 2 fully saturated rings. The summed E-state index contributed by atoms with van der Waals surface area (Å²) in [6.07, 6.45) is 9.57. The highest BCUT2D eigenvalue weighted by atomic mass is 35.5. The Hall–Kier alpha value is -1.55. The van der Waals surface area contributed by atoms with Crippen molar-refractivity contribution in [1.29, 1.82) is 0 Å². The van der Waals surface area contributed by atoms with E-state index in [1.165, 1.54) is 32.1 Å². The number of aryl methyl sites for hydroxylation is 1. The quantitative estimate of drug-likeness (QED) is 0.726. The molecule has 0 atom stereocenters. The summed E-state index contributed by atoms with van der Waals surface area (Å²) in [7, 11) is 0. The monoisotopic (exact) mass is 390 g/mol. The van der Waals surface area contributed by atoms with E-state index in [9.17, 15) is 9.59 Å². The number of halogens is 1. The summed E-state index contributed by atoms with van der Waals surface area (Å²) >= 11 is 5.89. The van der Waals surface area contributed by atoms with E-state index < -0.39 is 0 Å². The van der Waals surface area contributed by atoms with Crippen molar-refractivity contribution in [2.24, 2.45) is 5.92 Å². The largest absolute Gasteiger partial charge is 0.339 e. The molecular formula is C22H31ClN2O2. The van der Waals surface area contributed by atoms with E-state index in [2.05, 4.69) is 0 Å². The van der Waals surface area contributed by atoms with Crippen molar-refractivity contribution in [2.45, 2.75) is 57.8 Å². The lowest BCUT2D eigenvalue weighted by molar-refractivity contribution is -0.139. The van der Waals surface area contributed by atoms with Gasteiger partial charge < -0.3 is 9.80 Å². The van der Waals surface area contributed by atoms with Crippen LogP contribution in [0.5, 0.6) is 0 Å². The zero-order chi connectivity index (χ0) is 19.1. The fraction of sp³-hybridized carbons (Fsp3) is 0.636. The second-order valence-corrected chi connectivity index (χ2v) is 8.37. The van der Waals surface area contributed by atoms with E-state index in [0.29, 0.717) is 44.0 Å². The maximum absolute atomic E-state index is 12.5. The first-order valence-corrected chi connectivity index (χ1v) is 10.8. The summed E-state index contributed by atoms with van der Waals surface area (Å²) in [4.78, 5) is 28.8. The van der Waals surface area contributed by atoms with Gasteiger partial charge in [0.25, 0.3) is 0 Å². The van der Waals surface area contributed by atoms with Gasteiger partial charge in [-0.15, -0.1) is 0 Å². The predicted molar refractivity (Wildman–Crippen MR) is 109 cm³/mol. The van der Waals surface area contributed by atoms with Crippen LogP contribution in [0.15, 0.2) is 24.3 Å². The lowest BCUT2D eigenvalue weighted by Crippen LogP contribution is -2.50. The Kier molecular flexibility index (Phi) is 7.57. The van der Waals surface area contributed by atoms with Crippen molar-refractivity contribution < 1.29 is 9.59 Å². The van der Waals surface area contributed by atoms with Crippen molar-refractivity contribution >= 4 is 23.4 Å². The van der Waals surface area contributed by atoms with Gasteiger partial charge >= 0.3 is 0 Å². The molecule has 1 aromatic carbocycles. The molecular weight excluding hydrogens is 360 g/mol. The van der Waals surface area contributed by atoms with Gasteiger partial charge in [0.1, 0.15) is 0 Å². The third kappa shape index (κ3) is 6.24. The van der Waals surface area contributed by atoms with Crippen molar-refractivity contribution in [3.05, 3.63) is 34.9 Å². The lowest BCUT2D eigenvalue weighted by atomic mass is 9.86. The fourth-order valence-corrected chi connectivity index (χ4v) is 4.35. The minimum atomic E-state index is 0.180. The van der Waals surface area contributed by atoms with E-state index in [4.69, 9.17) is 11.6 Å². The fourth-order valence-electron chi connectivity index (χ4n) is 4.23. The van der Waals surface area contributed by atoms with E-state index >= 15 is 0 Å². The first kappa shape index (κ1) is 20.2. The van der Waals surface area contributed by atoms with Gasteiger partial charge in [-0.2, -0.15) is 0 Å². The number of nitrogens with zero attached hydrogens (tertiary/aromatic N) is 2. The van der Waals surface area contributed by atoms with Gasteiger partial charge in [-0.3, -0.25) is 9.59 Å². The smallest absolute Gasteiger partial charge is 0.223 e. The first-order chi connectivity index (χ1) is 13.1. The van der Waals surface area contributed by atoms with E-state index in [1.807, 2.05) is 34.1 Å². The third-order valence-corrected chi connectivity index (χ3v) is 6.27. The Bertz CT molecular complexity index is 618. The molecule has 5 heteroatoms. The summed E-state index contributed by atoms with van der Waals surface area (Å²) in [5.74, 6) is 1.20. The Morgan fingerprint density at radius 2 is 1.41 bits per heavy atom. The van der Waals surface area contributed by atoms with E-state index in [-0.39, 0.29) is 11.8 Å². The van der Waals surface area contributed by atoms with Crippen LogP contribution in [0.1, 0.15) is 56.9 Å². The highest BCUT2D eigenvalue weighted by molar-refractivity contribution is 6.30. The van der Waals surface area contributed by atoms with Gasteiger partial charge in [0.15, 0.2) is 0 Å². The normalized spacial score (nSPS) is 18.6. The molecule has 3 rings (SSSR count). The van der Waals surface area contributed by atoms with Gasteiger partial charge in [0.2, 0.25) is 11.8 Å². The van der Waals surface area contributed by atoms with Crippen LogP contribution < -0.4 is 0 Å². The number of amides is 2. The molecule has 0 unspecified atom stereocenters. The van der Waals surface area contributed by atoms with Gasteiger partial charge in [-0.1, -0.05) is 55.8 Å². The molecule has 0 aromatic heterocycles. The second-order valence-electron chi connectivity index (χ2n) is 7.93. The maximum atomic E-state index is 12.5. The summed E-state index contributed by atoms with van der Waals surface area (Å²) in [5, 5.41) is 0.717. The van der Waals surface area contributed by atoms with E-state index in [1.54, 1.807) is 0 Å². The molecule has 1 aliphatic heterocycles. The summed E-state index contributed by atoms with van der Waals surface area (Å²) in [6, 6.07) is 7.66. The highest BCUT2D eigenvalue weighted by Crippen LogP contribution is 2.27. The molecule has 1 aromatic rings. The van der Waals surface area contributed by atoms with Crippen LogP contribution >= 0.6 is 11.6 Å². The van der Waals surface area contributed by atoms with Crippen molar-refractivity contribution in [3.8, 4) is 0 Å². The molecule has 1 aliphatic carbocycles. The number of hydrogen-bond acceptors (Lipinski definition) is 2. The van der Waals surface area contributed by atoms with Gasteiger partial charge in [0, 0.05) is 44.0 Å².